The minimum absolute atomic E-state index is 0.0830. The summed E-state index contributed by atoms with van der Waals surface area (Å²) in [7, 11) is 0. The number of rotatable bonds is 4. The van der Waals surface area contributed by atoms with E-state index in [0.717, 1.165) is 30.5 Å². The zero-order valence-corrected chi connectivity index (χ0v) is 14.1. The van der Waals surface area contributed by atoms with Crippen LogP contribution in [0.3, 0.4) is 0 Å². The molecule has 5 nitrogen and oxygen atoms in total. The summed E-state index contributed by atoms with van der Waals surface area (Å²) in [5.74, 6) is -0.152. The summed E-state index contributed by atoms with van der Waals surface area (Å²) in [4.78, 5) is 31.4. The van der Waals surface area contributed by atoms with Crippen LogP contribution in [0, 0.1) is 0 Å². The lowest BCUT2D eigenvalue weighted by atomic mass is 10.3. The molecule has 7 heteroatoms. The Morgan fingerprint density at radius 1 is 1.35 bits per heavy atom. The van der Waals surface area contributed by atoms with Crippen LogP contribution in [0.2, 0.25) is 5.02 Å². The monoisotopic (exact) mass is 349 g/mol. The van der Waals surface area contributed by atoms with Crippen molar-refractivity contribution in [3.05, 3.63) is 50.9 Å². The maximum Gasteiger partial charge on any atom is 0.254 e. The quantitative estimate of drug-likeness (QED) is 0.657. The number of hydrogen-bond donors (Lipinski definition) is 2. The first-order chi connectivity index (χ1) is 11.0. The predicted octanol–water partition coefficient (Wildman–Crippen LogP) is 3.03. The number of aromatic amines is 1. The standard InChI is InChI=1S/C16H16ClN3O2S/c1-9(14(21)18-11-7-5-10(17)6-8-11)23-16-19-13-4-2-3-12(13)15(22)20-16/h5-9H,2-4H2,1H3,(H,18,21)(H,19,20,22)/t9-/m1/s1. The minimum Gasteiger partial charge on any atom is -0.325 e. The molecule has 0 spiro atoms. The van der Waals surface area contributed by atoms with Crippen LogP contribution in [0.25, 0.3) is 0 Å². The maximum absolute atomic E-state index is 12.2. The Bertz CT molecular complexity index is 789. The van der Waals surface area contributed by atoms with Crippen LogP contribution < -0.4 is 10.9 Å². The van der Waals surface area contributed by atoms with E-state index in [4.69, 9.17) is 11.6 Å². The van der Waals surface area contributed by atoms with Crippen molar-refractivity contribution in [3.8, 4) is 0 Å². The number of hydrogen-bond acceptors (Lipinski definition) is 4. The molecule has 2 N–H and O–H groups in total. The Kier molecular flexibility index (Phi) is 4.73. The Morgan fingerprint density at radius 2 is 2.09 bits per heavy atom. The van der Waals surface area contributed by atoms with Crippen LogP contribution in [0.15, 0.2) is 34.2 Å². The molecule has 3 rings (SSSR count). The molecular formula is C16H16ClN3O2S. The van der Waals surface area contributed by atoms with E-state index in [0.29, 0.717) is 15.9 Å². The van der Waals surface area contributed by atoms with Gasteiger partial charge in [-0.3, -0.25) is 9.59 Å². The molecule has 0 bridgehead atoms. The van der Waals surface area contributed by atoms with E-state index in [1.165, 1.54) is 11.8 Å². The van der Waals surface area contributed by atoms with Crippen molar-refractivity contribution in [3.63, 3.8) is 0 Å². The second-order valence-electron chi connectivity index (χ2n) is 5.41. The molecule has 23 heavy (non-hydrogen) atoms. The van der Waals surface area contributed by atoms with Gasteiger partial charge in [0.1, 0.15) is 0 Å². The van der Waals surface area contributed by atoms with E-state index in [2.05, 4.69) is 15.3 Å². The third kappa shape index (κ3) is 3.76. The number of carbonyl (C=O) groups is 1. The average Bonchev–Trinajstić information content (AvgIpc) is 2.98. The van der Waals surface area contributed by atoms with Crippen molar-refractivity contribution in [2.45, 2.75) is 36.6 Å². The molecule has 0 fully saturated rings. The summed E-state index contributed by atoms with van der Waals surface area (Å²) in [6, 6.07) is 6.92. The highest BCUT2D eigenvalue weighted by Crippen LogP contribution is 2.23. The van der Waals surface area contributed by atoms with E-state index < -0.39 is 0 Å². The average molecular weight is 350 g/mol. The van der Waals surface area contributed by atoms with Gasteiger partial charge in [0.25, 0.3) is 5.56 Å². The fourth-order valence-electron chi connectivity index (χ4n) is 2.47. The summed E-state index contributed by atoms with van der Waals surface area (Å²) in [5, 5.41) is 3.55. The van der Waals surface area contributed by atoms with Crippen LogP contribution in [0.4, 0.5) is 5.69 Å². The van der Waals surface area contributed by atoms with Crippen molar-refractivity contribution in [2.75, 3.05) is 5.32 Å². The third-order valence-corrected chi connectivity index (χ3v) is 4.93. The number of halogens is 1. The first kappa shape index (κ1) is 16.1. The number of benzene rings is 1. The van der Waals surface area contributed by atoms with Crippen LogP contribution in [0.1, 0.15) is 24.6 Å². The van der Waals surface area contributed by atoms with Crippen LogP contribution >= 0.6 is 23.4 Å². The molecule has 1 aromatic heterocycles. The molecular weight excluding hydrogens is 334 g/mol. The number of H-pyrrole nitrogens is 1. The van der Waals surface area contributed by atoms with Crippen molar-refractivity contribution in [1.82, 2.24) is 9.97 Å². The molecule has 0 saturated carbocycles. The number of nitrogens with zero attached hydrogens (tertiary/aromatic N) is 1. The SMILES string of the molecule is C[C@@H](Sc1nc2c(c(=O)[nH]1)CCC2)C(=O)Nc1ccc(Cl)cc1. The van der Waals surface area contributed by atoms with E-state index in [1.54, 1.807) is 31.2 Å². The predicted molar refractivity (Wildman–Crippen MR) is 92.3 cm³/mol. The summed E-state index contributed by atoms with van der Waals surface area (Å²) < 4.78 is 0. The van der Waals surface area contributed by atoms with Crippen LogP contribution in [0.5, 0.6) is 0 Å². The normalized spacial score (nSPS) is 14.3. The number of thioether (sulfide) groups is 1. The number of fused-ring (bicyclic) bond motifs is 1. The Labute approximate surface area is 142 Å². The minimum atomic E-state index is -0.381. The fraction of sp³-hybridized carbons (Fsp3) is 0.312. The Hall–Kier alpha value is -1.79. The number of amides is 1. The molecule has 1 amide bonds. The smallest absolute Gasteiger partial charge is 0.254 e. The van der Waals surface area contributed by atoms with Crippen LogP contribution in [-0.2, 0) is 17.6 Å². The summed E-state index contributed by atoms with van der Waals surface area (Å²) in [5.41, 5.74) is 2.25. The highest BCUT2D eigenvalue weighted by atomic mass is 35.5. The number of nitrogens with one attached hydrogen (secondary N) is 2. The first-order valence-corrected chi connectivity index (χ1v) is 8.64. The molecule has 0 aliphatic heterocycles. The van der Waals surface area contributed by atoms with Gasteiger partial charge in [-0.1, -0.05) is 23.4 Å². The molecule has 2 aromatic rings. The zero-order chi connectivity index (χ0) is 16.4. The summed E-state index contributed by atoms with van der Waals surface area (Å²) >= 11 is 7.07. The second kappa shape index (κ2) is 6.76. The van der Waals surface area contributed by atoms with Gasteiger partial charge < -0.3 is 10.3 Å². The topological polar surface area (TPSA) is 74.8 Å². The lowest BCUT2D eigenvalue weighted by Crippen LogP contribution is -2.23. The van der Waals surface area contributed by atoms with Crippen LogP contribution in [-0.4, -0.2) is 21.1 Å². The fourth-order valence-corrected chi connectivity index (χ4v) is 3.41. The van der Waals surface area contributed by atoms with E-state index in [-0.39, 0.29) is 16.7 Å². The van der Waals surface area contributed by atoms with Gasteiger partial charge in [0, 0.05) is 16.3 Å². The van der Waals surface area contributed by atoms with Gasteiger partial charge in [0.05, 0.1) is 10.9 Å². The van der Waals surface area contributed by atoms with Crippen molar-refractivity contribution in [1.29, 1.82) is 0 Å². The summed E-state index contributed by atoms with van der Waals surface area (Å²) in [6.07, 6.45) is 2.58. The Balaban J connectivity index is 1.68. The highest BCUT2D eigenvalue weighted by Gasteiger charge is 2.20. The number of aromatic nitrogens is 2. The van der Waals surface area contributed by atoms with Gasteiger partial charge in [-0.05, 0) is 50.5 Å². The maximum atomic E-state index is 12.2. The molecule has 0 saturated heterocycles. The second-order valence-corrected chi connectivity index (χ2v) is 7.17. The molecule has 1 aliphatic rings. The molecule has 1 aromatic carbocycles. The lowest BCUT2D eigenvalue weighted by molar-refractivity contribution is -0.115. The molecule has 1 aliphatic carbocycles. The van der Waals surface area contributed by atoms with E-state index in [9.17, 15) is 9.59 Å². The largest absolute Gasteiger partial charge is 0.325 e. The van der Waals surface area contributed by atoms with Gasteiger partial charge in [-0.25, -0.2) is 4.98 Å². The highest BCUT2D eigenvalue weighted by molar-refractivity contribution is 8.00. The van der Waals surface area contributed by atoms with Gasteiger partial charge in [-0.15, -0.1) is 0 Å². The molecule has 0 radical (unpaired) electrons. The lowest BCUT2D eigenvalue weighted by Gasteiger charge is -2.12. The Morgan fingerprint density at radius 3 is 2.83 bits per heavy atom. The third-order valence-electron chi connectivity index (χ3n) is 3.69. The summed E-state index contributed by atoms with van der Waals surface area (Å²) in [6.45, 7) is 1.78. The number of carbonyl (C=O) groups excluding carboxylic acids is 1. The number of aryl methyl sites for hydroxylation is 1. The first-order valence-electron chi connectivity index (χ1n) is 7.38. The zero-order valence-electron chi connectivity index (χ0n) is 12.6. The number of anilines is 1. The van der Waals surface area contributed by atoms with Crippen molar-refractivity contribution >= 4 is 35.0 Å². The van der Waals surface area contributed by atoms with E-state index >= 15 is 0 Å². The molecule has 0 unspecified atom stereocenters. The van der Waals surface area contributed by atoms with Crippen molar-refractivity contribution < 1.29 is 4.79 Å². The van der Waals surface area contributed by atoms with Gasteiger partial charge >= 0.3 is 0 Å². The molecule has 1 heterocycles. The van der Waals surface area contributed by atoms with Gasteiger partial charge in [0.15, 0.2) is 5.16 Å². The van der Waals surface area contributed by atoms with Crippen molar-refractivity contribution in [2.24, 2.45) is 0 Å². The van der Waals surface area contributed by atoms with Gasteiger partial charge in [0.2, 0.25) is 5.91 Å². The molecule has 1 atom stereocenters. The van der Waals surface area contributed by atoms with E-state index in [1.807, 2.05) is 0 Å². The molecule has 120 valence electrons. The van der Waals surface area contributed by atoms with Gasteiger partial charge in [-0.2, -0.15) is 0 Å².